The first-order chi connectivity index (χ1) is 13.0. The molecule has 0 unspecified atom stereocenters. The van der Waals surface area contributed by atoms with Gasteiger partial charge in [-0.2, -0.15) is 0 Å². The topological polar surface area (TPSA) is 65.5 Å². The minimum atomic E-state index is -0.299. The summed E-state index contributed by atoms with van der Waals surface area (Å²) in [6.45, 7) is 4.62. The normalized spacial score (nSPS) is 14.6. The van der Waals surface area contributed by atoms with Crippen molar-refractivity contribution in [3.05, 3.63) is 51.4 Å². The molecule has 6 nitrogen and oxygen atoms in total. The first-order valence-corrected chi connectivity index (χ1v) is 9.93. The lowest BCUT2D eigenvalue weighted by molar-refractivity contribution is -0.132. The van der Waals surface area contributed by atoms with Gasteiger partial charge in [-0.05, 0) is 31.2 Å². The van der Waals surface area contributed by atoms with E-state index < -0.39 is 0 Å². The van der Waals surface area contributed by atoms with Crippen molar-refractivity contribution < 1.29 is 9.59 Å². The summed E-state index contributed by atoms with van der Waals surface area (Å²) in [4.78, 5) is 32.4. The summed E-state index contributed by atoms with van der Waals surface area (Å²) in [5.41, 5.74) is 1.81. The number of aromatic nitrogens is 1. The number of hydrogen-bond acceptors (Lipinski definition) is 5. The number of amides is 2. The van der Waals surface area contributed by atoms with Crippen LogP contribution in [0.4, 0.5) is 5.69 Å². The Kier molecular flexibility index (Phi) is 6.47. The molecule has 2 aromatic rings. The largest absolute Gasteiger partial charge is 0.368 e. The fourth-order valence-electron chi connectivity index (χ4n) is 2.84. The van der Waals surface area contributed by atoms with E-state index in [1.54, 1.807) is 11.0 Å². The van der Waals surface area contributed by atoms with Crippen LogP contribution in [0.15, 0.2) is 35.7 Å². The van der Waals surface area contributed by atoms with Crippen LogP contribution < -0.4 is 10.2 Å². The minimum absolute atomic E-state index is 0.00354. The van der Waals surface area contributed by atoms with E-state index in [4.69, 9.17) is 11.6 Å². The van der Waals surface area contributed by atoms with Crippen LogP contribution in [0.25, 0.3) is 6.08 Å². The van der Waals surface area contributed by atoms with Crippen molar-refractivity contribution in [3.8, 4) is 0 Å². The van der Waals surface area contributed by atoms with Gasteiger partial charge in [0.15, 0.2) is 0 Å². The third-order valence-electron chi connectivity index (χ3n) is 4.26. The van der Waals surface area contributed by atoms with E-state index in [9.17, 15) is 9.59 Å². The Hall–Kier alpha value is -2.38. The highest BCUT2D eigenvalue weighted by atomic mass is 35.5. The SMILES string of the molecule is Cc1nc(/C=C/C(=O)NCC(=O)N2CCN(c3cccc(Cl)c3)CC2)cs1. The van der Waals surface area contributed by atoms with E-state index in [0.29, 0.717) is 18.1 Å². The van der Waals surface area contributed by atoms with E-state index in [1.807, 2.05) is 36.6 Å². The van der Waals surface area contributed by atoms with E-state index >= 15 is 0 Å². The van der Waals surface area contributed by atoms with Gasteiger partial charge in [0.25, 0.3) is 0 Å². The van der Waals surface area contributed by atoms with E-state index in [2.05, 4.69) is 15.2 Å². The molecule has 0 aliphatic carbocycles. The first kappa shape index (κ1) is 19.4. The number of halogens is 1. The summed E-state index contributed by atoms with van der Waals surface area (Å²) in [5, 5.41) is 6.16. The van der Waals surface area contributed by atoms with Crippen molar-refractivity contribution in [1.82, 2.24) is 15.2 Å². The Morgan fingerprint density at radius 3 is 2.74 bits per heavy atom. The molecule has 0 saturated carbocycles. The molecular formula is C19H21ClN4O2S. The molecule has 0 bridgehead atoms. The highest BCUT2D eigenvalue weighted by Gasteiger charge is 2.21. The van der Waals surface area contributed by atoms with Gasteiger partial charge >= 0.3 is 0 Å². The molecule has 0 radical (unpaired) electrons. The van der Waals surface area contributed by atoms with Gasteiger partial charge in [-0.15, -0.1) is 11.3 Å². The van der Waals surface area contributed by atoms with Gasteiger partial charge < -0.3 is 15.1 Å². The molecule has 1 N–H and O–H groups in total. The highest BCUT2D eigenvalue weighted by Crippen LogP contribution is 2.20. The number of carbonyl (C=O) groups excluding carboxylic acids is 2. The predicted molar refractivity (Wildman–Crippen MR) is 109 cm³/mol. The number of nitrogens with zero attached hydrogens (tertiary/aromatic N) is 3. The molecule has 0 spiro atoms. The molecule has 0 atom stereocenters. The lowest BCUT2D eigenvalue weighted by Gasteiger charge is -2.36. The van der Waals surface area contributed by atoms with Gasteiger partial charge in [0, 0.05) is 48.3 Å². The summed E-state index contributed by atoms with van der Waals surface area (Å²) in [6.07, 6.45) is 3.05. The smallest absolute Gasteiger partial charge is 0.244 e. The molecule has 1 saturated heterocycles. The van der Waals surface area contributed by atoms with Crippen molar-refractivity contribution in [2.75, 3.05) is 37.6 Å². The van der Waals surface area contributed by atoms with Gasteiger partial charge in [-0.3, -0.25) is 9.59 Å². The lowest BCUT2D eigenvalue weighted by atomic mass is 10.2. The van der Waals surface area contributed by atoms with Crippen molar-refractivity contribution in [2.45, 2.75) is 6.92 Å². The molecule has 1 fully saturated rings. The Bertz CT molecular complexity index is 844. The summed E-state index contributed by atoms with van der Waals surface area (Å²) in [6, 6.07) is 7.71. The van der Waals surface area contributed by atoms with Gasteiger partial charge in [-0.1, -0.05) is 17.7 Å². The van der Waals surface area contributed by atoms with Crippen LogP contribution in [0.1, 0.15) is 10.7 Å². The highest BCUT2D eigenvalue weighted by molar-refractivity contribution is 7.09. The Morgan fingerprint density at radius 1 is 1.30 bits per heavy atom. The molecule has 8 heteroatoms. The maximum atomic E-state index is 12.3. The molecule has 3 rings (SSSR count). The molecular weight excluding hydrogens is 384 g/mol. The van der Waals surface area contributed by atoms with Crippen LogP contribution >= 0.6 is 22.9 Å². The summed E-state index contributed by atoms with van der Waals surface area (Å²) < 4.78 is 0. The monoisotopic (exact) mass is 404 g/mol. The van der Waals surface area contributed by atoms with Crippen molar-refractivity contribution >= 4 is 46.5 Å². The summed E-state index contributed by atoms with van der Waals surface area (Å²) in [7, 11) is 0. The molecule has 1 aromatic heterocycles. The quantitative estimate of drug-likeness (QED) is 0.778. The molecule has 1 aliphatic heterocycles. The zero-order chi connectivity index (χ0) is 19.2. The Balaban J connectivity index is 1.43. The second-order valence-electron chi connectivity index (χ2n) is 6.19. The number of rotatable bonds is 5. The van der Waals surface area contributed by atoms with Gasteiger partial charge in [0.1, 0.15) is 0 Å². The first-order valence-electron chi connectivity index (χ1n) is 8.67. The van der Waals surface area contributed by atoms with Crippen LogP contribution in [0, 0.1) is 6.92 Å². The predicted octanol–water partition coefficient (Wildman–Crippen LogP) is 2.58. The standard InChI is InChI=1S/C19H21ClN4O2S/c1-14-22-16(13-27-14)5-6-18(25)21-12-19(26)24-9-7-23(8-10-24)17-4-2-3-15(20)11-17/h2-6,11,13H,7-10,12H2,1H3,(H,21,25)/b6-5+. The Labute approximate surface area is 167 Å². The van der Waals surface area contributed by atoms with Crippen LogP contribution in [0.2, 0.25) is 5.02 Å². The fourth-order valence-corrected chi connectivity index (χ4v) is 3.60. The third kappa shape index (κ3) is 5.55. The van der Waals surface area contributed by atoms with E-state index in [1.165, 1.54) is 17.4 Å². The average Bonchev–Trinajstić information content (AvgIpc) is 3.10. The maximum Gasteiger partial charge on any atom is 0.244 e. The number of hydrogen-bond donors (Lipinski definition) is 1. The number of carbonyl (C=O) groups is 2. The second kappa shape index (κ2) is 9.01. The average molecular weight is 405 g/mol. The zero-order valence-corrected chi connectivity index (χ0v) is 16.6. The molecule has 1 aliphatic rings. The lowest BCUT2D eigenvalue weighted by Crippen LogP contribution is -2.51. The molecule has 142 valence electrons. The minimum Gasteiger partial charge on any atom is -0.368 e. The molecule has 2 heterocycles. The van der Waals surface area contributed by atoms with E-state index in [-0.39, 0.29) is 18.4 Å². The fraction of sp³-hybridized carbons (Fsp3) is 0.316. The van der Waals surface area contributed by atoms with Crippen LogP contribution in [0.5, 0.6) is 0 Å². The van der Waals surface area contributed by atoms with Crippen molar-refractivity contribution in [2.24, 2.45) is 0 Å². The molecule has 27 heavy (non-hydrogen) atoms. The number of piperazine rings is 1. The van der Waals surface area contributed by atoms with Gasteiger partial charge in [0.05, 0.1) is 17.2 Å². The molecule has 1 aromatic carbocycles. The van der Waals surface area contributed by atoms with Crippen LogP contribution in [-0.2, 0) is 9.59 Å². The number of benzene rings is 1. The van der Waals surface area contributed by atoms with Crippen molar-refractivity contribution in [3.63, 3.8) is 0 Å². The number of anilines is 1. The zero-order valence-electron chi connectivity index (χ0n) is 15.0. The number of nitrogens with one attached hydrogen (secondary N) is 1. The summed E-state index contributed by atoms with van der Waals surface area (Å²) in [5.74, 6) is -0.376. The van der Waals surface area contributed by atoms with Crippen LogP contribution in [-0.4, -0.2) is 54.4 Å². The number of thiazole rings is 1. The van der Waals surface area contributed by atoms with Gasteiger partial charge in [0.2, 0.25) is 11.8 Å². The van der Waals surface area contributed by atoms with Gasteiger partial charge in [-0.25, -0.2) is 4.98 Å². The Morgan fingerprint density at radius 2 is 2.07 bits per heavy atom. The summed E-state index contributed by atoms with van der Waals surface area (Å²) >= 11 is 7.57. The number of aryl methyl sites for hydroxylation is 1. The second-order valence-corrected chi connectivity index (χ2v) is 7.69. The third-order valence-corrected chi connectivity index (χ3v) is 5.29. The maximum absolute atomic E-state index is 12.3. The van der Waals surface area contributed by atoms with E-state index in [0.717, 1.165) is 29.5 Å². The molecule has 2 amide bonds. The van der Waals surface area contributed by atoms with Crippen molar-refractivity contribution in [1.29, 1.82) is 0 Å². The van der Waals surface area contributed by atoms with Crippen LogP contribution in [0.3, 0.4) is 0 Å².